The maximum atomic E-state index is 5.70. The van der Waals surface area contributed by atoms with Gasteiger partial charge in [0.1, 0.15) is 0 Å². The lowest BCUT2D eigenvalue weighted by Crippen LogP contribution is -2.35. The van der Waals surface area contributed by atoms with Gasteiger partial charge in [-0.3, -0.25) is 0 Å². The Morgan fingerprint density at radius 3 is 2.75 bits per heavy atom. The normalized spacial score (nSPS) is 38.5. The zero-order chi connectivity index (χ0) is 9.19. The molecule has 0 bridgehead atoms. The van der Waals surface area contributed by atoms with Crippen LogP contribution < -0.4 is 5.73 Å². The number of ether oxygens (including phenoxy) is 2. The van der Waals surface area contributed by atoms with Gasteiger partial charge in [-0.05, 0) is 13.3 Å². The molecule has 1 aliphatic heterocycles. The summed E-state index contributed by atoms with van der Waals surface area (Å²) in [5.41, 5.74) is 5.49. The molecule has 0 aromatic rings. The summed E-state index contributed by atoms with van der Waals surface area (Å²) in [6.07, 6.45) is 1.15. The Kier molecular flexibility index (Phi) is 3.09. The van der Waals surface area contributed by atoms with Gasteiger partial charge in [-0.15, -0.1) is 0 Å². The molecule has 0 aliphatic carbocycles. The van der Waals surface area contributed by atoms with Crippen LogP contribution >= 0.6 is 0 Å². The Balaban J connectivity index is 2.51. The van der Waals surface area contributed by atoms with Crippen LogP contribution in [0.4, 0.5) is 0 Å². The molecular formula is C9H19NO2. The Morgan fingerprint density at radius 2 is 2.33 bits per heavy atom. The van der Waals surface area contributed by atoms with E-state index in [1.54, 1.807) is 0 Å². The molecule has 0 spiro atoms. The van der Waals surface area contributed by atoms with Gasteiger partial charge in [0.25, 0.3) is 0 Å². The Hall–Kier alpha value is -0.120. The maximum Gasteiger partial charge on any atom is 0.168 e. The highest BCUT2D eigenvalue weighted by molar-refractivity contribution is 4.79. The summed E-state index contributed by atoms with van der Waals surface area (Å²) in [5.74, 6) is 0.0211. The predicted molar refractivity (Wildman–Crippen MR) is 47.7 cm³/mol. The number of hydrogen-bond acceptors (Lipinski definition) is 3. The van der Waals surface area contributed by atoms with Crippen LogP contribution in [-0.4, -0.2) is 25.0 Å². The third-order valence-electron chi connectivity index (χ3n) is 2.73. The first kappa shape index (κ1) is 9.96. The molecular weight excluding hydrogens is 154 g/mol. The smallest absolute Gasteiger partial charge is 0.168 e. The molecule has 3 unspecified atom stereocenters. The van der Waals surface area contributed by atoms with Crippen LogP contribution in [0.15, 0.2) is 0 Å². The molecule has 0 radical (unpaired) electrons. The molecule has 1 aliphatic rings. The summed E-state index contributed by atoms with van der Waals surface area (Å²) in [5, 5.41) is 0. The van der Waals surface area contributed by atoms with Crippen LogP contribution in [0.25, 0.3) is 0 Å². The first-order valence-electron chi connectivity index (χ1n) is 4.64. The Labute approximate surface area is 74.2 Å². The topological polar surface area (TPSA) is 44.5 Å². The second kappa shape index (κ2) is 3.73. The molecule has 0 aromatic heterocycles. The van der Waals surface area contributed by atoms with E-state index in [2.05, 4.69) is 13.8 Å². The van der Waals surface area contributed by atoms with E-state index in [9.17, 15) is 0 Å². The molecule has 1 saturated heterocycles. The molecule has 0 aromatic carbocycles. The van der Waals surface area contributed by atoms with E-state index >= 15 is 0 Å². The van der Waals surface area contributed by atoms with Crippen molar-refractivity contribution in [2.75, 3.05) is 13.2 Å². The van der Waals surface area contributed by atoms with Gasteiger partial charge < -0.3 is 15.2 Å². The van der Waals surface area contributed by atoms with Crippen molar-refractivity contribution >= 4 is 0 Å². The summed E-state index contributed by atoms with van der Waals surface area (Å²) in [6.45, 7) is 7.46. The molecule has 1 fully saturated rings. The highest BCUT2D eigenvalue weighted by Gasteiger charge is 2.40. The van der Waals surface area contributed by atoms with Gasteiger partial charge in [0.05, 0.1) is 12.7 Å². The van der Waals surface area contributed by atoms with Crippen molar-refractivity contribution in [2.45, 2.75) is 39.1 Å². The largest absolute Gasteiger partial charge is 0.347 e. The quantitative estimate of drug-likeness (QED) is 0.695. The van der Waals surface area contributed by atoms with Crippen LogP contribution in [-0.2, 0) is 9.47 Å². The lowest BCUT2D eigenvalue weighted by atomic mass is 10.00. The van der Waals surface area contributed by atoms with Crippen LogP contribution in [0.5, 0.6) is 0 Å². The minimum Gasteiger partial charge on any atom is -0.347 e. The van der Waals surface area contributed by atoms with Gasteiger partial charge in [-0.25, -0.2) is 0 Å². The van der Waals surface area contributed by atoms with Crippen molar-refractivity contribution in [3.05, 3.63) is 0 Å². The van der Waals surface area contributed by atoms with Crippen molar-refractivity contribution in [3.63, 3.8) is 0 Å². The lowest BCUT2D eigenvalue weighted by Gasteiger charge is -2.29. The molecule has 1 rings (SSSR count). The zero-order valence-electron chi connectivity index (χ0n) is 8.17. The third-order valence-corrected chi connectivity index (χ3v) is 2.73. The average Bonchev–Trinajstić information content (AvgIpc) is 2.47. The zero-order valence-corrected chi connectivity index (χ0v) is 8.17. The first-order valence-corrected chi connectivity index (χ1v) is 4.64. The highest BCUT2D eigenvalue weighted by Crippen LogP contribution is 2.32. The molecule has 72 valence electrons. The summed E-state index contributed by atoms with van der Waals surface area (Å²) < 4.78 is 11.3. The number of nitrogens with two attached hydrogens (primary N) is 1. The predicted octanol–water partition coefficient (Wildman–Crippen LogP) is 1.12. The van der Waals surface area contributed by atoms with Crippen LogP contribution in [0.1, 0.15) is 27.2 Å². The standard InChI is InChI=1S/C9H19NO2/c1-4-7(2)9(3)11-6-8(5-10)12-9/h7-8H,4-6,10H2,1-3H3. The summed E-state index contributed by atoms with van der Waals surface area (Å²) in [7, 11) is 0. The third kappa shape index (κ3) is 1.79. The van der Waals surface area contributed by atoms with Crippen molar-refractivity contribution < 1.29 is 9.47 Å². The van der Waals surface area contributed by atoms with Crippen molar-refractivity contribution in [2.24, 2.45) is 11.7 Å². The monoisotopic (exact) mass is 173 g/mol. The molecule has 3 nitrogen and oxygen atoms in total. The van der Waals surface area contributed by atoms with Gasteiger partial charge in [-0.1, -0.05) is 13.8 Å². The van der Waals surface area contributed by atoms with E-state index in [0.717, 1.165) is 6.42 Å². The molecule has 3 atom stereocenters. The summed E-state index contributed by atoms with van der Waals surface area (Å²) in [4.78, 5) is 0. The first-order chi connectivity index (χ1) is 5.62. The molecule has 12 heavy (non-hydrogen) atoms. The summed E-state index contributed by atoms with van der Waals surface area (Å²) in [6, 6.07) is 0. The molecule has 3 heteroatoms. The minimum absolute atomic E-state index is 0.0870. The molecule has 2 N–H and O–H groups in total. The van der Waals surface area contributed by atoms with Crippen LogP contribution in [0.3, 0.4) is 0 Å². The fourth-order valence-electron chi connectivity index (χ4n) is 1.40. The minimum atomic E-state index is -0.404. The van der Waals surface area contributed by atoms with Gasteiger partial charge in [-0.2, -0.15) is 0 Å². The maximum absolute atomic E-state index is 5.70. The number of rotatable bonds is 3. The molecule has 0 saturated carbocycles. The van der Waals surface area contributed by atoms with Gasteiger partial charge in [0, 0.05) is 12.5 Å². The fraction of sp³-hybridized carbons (Fsp3) is 1.00. The average molecular weight is 173 g/mol. The Bertz CT molecular complexity index is 151. The van der Waals surface area contributed by atoms with E-state index in [0.29, 0.717) is 19.1 Å². The van der Waals surface area contributed by atoms with E-state index in [1.807, 2.05) is 6.92 Å². The van der Waals surface area contributed by atoms with Gasteiger partial charge in [0.2, 0.25) is 0 Å². The van der Waals surface area contributed by atoms with E-state index in [-0.39, 0.29) is 6.10 Å². The van der Waals surface area contributed by atoms with Gasteiger partial charge >= 0.3 is 0 Å². The molecule has 1 heterocycles. The lowest BCUT2D eigenvalue weighted by molar-refractivity contribution is -0.186. The van der Waals surface area contributed by atoms with Crippen LogP contribution in [0, 0.1) is 5.92 Å². The van der Waals surface area contributed by atoms with Crippen molar-refractivity contribution in [1.29, 1.82) is 0 Å². The SMILES string of the molecule is CCC(C)C1(C)OCC(CN)O1. The van der Waals surface area contributed by atoms with Crippen LogP contribution in [0.2, 0.25) is 0 Å². The van der Waals surface area contributed by atoms with Gasteiger partial charge in [0.15, 0.2) is 5.79 Å². The van der Waals surface area contributed by atoms with Crippen molar-refractivity contribution in [3.8, 4) is 0 Å². The second-order valence-electron chi connectivity index (χ2n) is 3.61. The highest BCUT2D eigenvalue weighted by atomic mass is 16.7. The van der Waals surface area contributed by atoms with Crippen molar-refractivity contribution in [1.82, 2.24) is 0 Å². The molecule has 0 amide bonds. The summed E-state index contributed by atoms with van der Waals surface area (Å²) >= 11 is 0. The number of hydrogen-bond donors (Lipinski definition) is 1. The second-order valence-corrected chi connectivity index (χ2v) is 3.61. The Morgan fingerprint density at radius 1 is 1.67 bits per heavy atom. The van der Waals surface area contributed by atoms with E-state index in [1.165, 1.54) is 0 Å². The van der Waals surface area contributed by atoms with E-state index < -0.39 is 5.79 Å². The fourth-order valence-corrected chi connectivity index (χ4v) is 1.40. The van der Waals surface area contributed by atoms with E-state index in [4.69, 9.17) is 15.2 Å².